The lowest BCUT2D eigenvalue weighted by molar-refractivity contribution is -0.138. The van der Waals surface area contributed by atoms with Crippen LogP contribution < -0.4 is 0 Å². The van der Waals surface area contributed by atoms with E-state index < -0.39 is 28.8 Å². The molecule has 0 aliphatic rings. The van der Waals surface area contributed by atoms with Crippen LogP contribution in [0.15, 0.2) is 12.1 Å². The van der Waals surface area contributed by atoms with Crippen LogP contribution in [-0.4, -0.2) is 18.9 Å². The Morgan fingerprint density at radius 2 is 2.11 bits per heavy atom. The number of hydrogen-bond acceptors (Lipinski definition) is 4. The fraction of sp³-hybridized carbons (Fsp3) is 0.250. The number of hydrogen-bond donors (Lipinski definition) is 0. The third-order valence-electron chi connectivity index (χ3n) is 2.27. The molecule has 0 heterocycles. The van der Waals surface area contributed by atoms with Gasteiger partial charge in [0.05, 0.1) is 29.4 Å². The molecule has 1 aromatic carbocycles. The minimum atomic E-state index is -4.83. The van der Waals surface area contributed by atoms with Gasteiger partial charge in [0.25, 0.3) is 0 Å². The van der Waals surface area contributed by atoms with E-state index in [0.717, 1.165) is 6.07 Å². The predicted molar refractivity (Wildman–Crippen MR) is 57.5 cm³/mol. The van der Waals surface area contributed by atoms with Crippen LogP contribution in [0.3, 0.4) is 0 Å². The van der Waals surface area contributed by atoms with E-state index in [9.17, 15) is 22.8 Å². The molecule has 0 saturated heterocycles. The van der Waals surface area contributed by atoms with Crippen LogP contribution >= 0.6 is 0 Å². The van der Waals surface area contributed by atoms with Gasteiger partial charge in [0.15, 0.2) is 6.29 Å². The second-order valence-corrected chi connectivity index (χ2v) is 3.40. The Hall–Kier alpha value is -2.36. The Morgan fingerprint density at radius 3 is 2.53 bits per heavy atom. The zero-order valence-corrected chi connectivity index (χ0v) is 9.75. The van der Waals surface area contributed by atoms with E-state index in [1.54, 1.807) is 6.07 Å². The summed E-state index contributed by atoms with van der Waals surface area (Å²) < 4.78 is 42.9. The minimum Gasteiger partial charge on any atom is -0.462 e. The van der Waals surface area contributed by atoms with Crippen molar-refractivity contribution in [3.8, 4) is 6.07 Å². The van der Waals surface area contributed by atoms with Crippen molar-refractivity contribution in [3.05, 3.63) is 34.4 Å². The van der Waals surface area contributed by atoms with E-state index in [1.165, 1.54) is 6.92 Å². The van der Waals surface area contributed by atoms with Crippen LogP contribution in [0.4, 0.5) is 13.2 Å². The number of rotatable bonds is 3. The first-order valence-corrected chi connectivity index (χ1v) is 5.13. The first-order valence-electron chi connectivity index (χ1n) is 5.13. The van der Waals surface area contributed by atoms with Gasteiger partial charge in [0.2, 0.25) is 0 Å². The molecule has 0 spiro atoms. The maximum atomic E-state index is 12.8. The number of aldehydes is 1. The molecule has 1 rings (SSSR count). The fourth-order valence-electron chi connectivity index (χ4n) is 1.50. The van der Waals surface area contributed by atoms with Crippen molar-refractivity contribution in [2.75, 3.05) is 6.61 Å². The zero-order valence-electron chi connectivity index (χ0n) is 9.75. The normalized spacial score (nSPS) is 10.7. The second-order valence-electron chi connectivity index (χ2n) is 3.40. The maximum Gasteiger partial charge on any atom is 0.417 e. The summed E-state index contributed by atoms with van der Waals surface area (Å²) in [5.74, 6) is -1.28. The number of ether oxygens (including phenoxy) is 1. The summed E-state index contributed by atoms with van der Waals surface area (Å²) in [5.41, 5.74) is -3.16. The van der Waals surface area contributed by atoms with Crippen LogP contribution in [0, 0.1) is 11.3 Å². The van der Waals surface area contributed by atoms with Crippen molar-refractivity contribution in [2.24, 2.45) is 0 Å². The van der Waals surface area contributed by atoms with Crippen LogP contribution in [0.1, 0.15) is 38.8 Å². The van der Waals surface area contributed by atoms with Gasteiger partial charge in [-0.3, -0.25) is 4.79 Å². The van der Waals surface area contributed by atoms with Crippen molar-refractivity contribution in [1.82, 2.24) is 0 Å². The number of nitrogens with zero attached hydrogens (tertiary/aromatic N) is 1. The first-order chi connectivity index (χ1) is 8.86. The first kappa shape index (κ1) is 14.7. The van der Waals surface area contributed by atoms with Gasteiger partial charge in [-0.2, -0.15) is 18.4 Å². The maximum absolute atomic E-state index is 12.8. The van der Waals surface area contributed by atoms with Gasteiger partial charge >= 0.3 is 12.1 Å². The van der Waals surface area contributed by atoms with E-state index in [2.05, 4.69) is 4.74 Å². The van der Waals surface area contributed by atoms with Gasteiger partial charge in [-0.15, -0.1) is 0 Å². The van der Waals surface area contributed by atoms with Crippen molar-refractivity contribution in [3.63, 3.8) is 0 Å². The average molecular weight is 271 g/mol. The molecular weight excluding hydrogens is 263 g/mol. The molecule has 4 nitrogen and oxygen atoms in total. The number of carbonyl (C=O) groups excluding carboxylic acids is 2. The van der Waals surface area contributed by atoms with Crippen LogP contribution in [0.5, 0.6) is 0 Å². The number of esters is 1. The summed E-state index contributed by atoms with van der Waals surface area (Å²) in [7, 11) is 0. The standard InChI is InChI=1S/C12H8F3NO3/c1-2-19-11(18)10-8(6-17)7(5-16)3-4-9(10)12(13,14)15/h3-4,6H,2H2,1H3. The van der Waals surface area contributed by atoms with Gasteiger partial charge in [0, 0.05) is 5.56 Å². The summed E-state index contributed by atoms with van der Waals surface area (Å²) in [4.78, 5) is 22.4. The smallest absolute Gasteiger partial charge is 0.417 e. The van der Waals surface area contributed by atoms with Crippen molar-refractivity contribution in [1.29, 1.82) is 5.26 Å². The topological polar surface area (TPSA) is 67.2 Å². The lowest BCUT2D eigenvalue weighted by Crippen LogP contribution is -2.18. The highest BCUT2D eigenvalue weighted by atomic mass is 19.4. The molecule has 19 heavy (non-hydrogen) atoms. The SMILES string of the molecule is CCOC(=O)c1c(C(F)(F)F)ccc(C#N)c1C=O. The van der Waals surface area contributed by atoms with E-state index in [-0.39, 0.29) is 18.5 Å². The highest BCUT2D eigenvalue weighted by molar-refractivity contribution is 6.01. The number of carbonyl (C=O) groups is 2. The largest absolute Gasteiger partial charge is 0.462 e. The molecule has 0 aromatic heterocycles. The fourth-order valence-corrected chi connectivity index (χ4v) is 1.50. The molecule has 0 unspecified atom stereocenters. The zero-order chi connectivity index (χ0) is 14.6. The Bertz CT molecular complexity index is 559. The number of nitriles is 1. The molecule has 0 atom stereocenters. The van der Waals surface area contributed by atoms with Gasteiger partial charge in [-0.1, -0.05) is 0 Å². The number of benzene rings is 1. The summed E-state index contributed by atoms with van der Waals surface area (Å²) in [6.07, 6.45) is -4.78. The third kappa shape index (κ3) is 2.91. The Balaban J connectivity index is 3.64. The lowest BCUT2D eigenvalue weighted by Gasteiger charge is -2.14. The van der Waals surface area contributed by atoms with Crippen molar-refractivity contribution < 1.29 is 27.5 Å². The summed E-state index contributed by atoms with van der Waals surface area (Å²) >= 11 is 0. The average Bonchev–Trinajstić information content (AvgIpc) is 2.35. The van der Waals surface area contributed by atoms with Crippen LogP contribution in [0.25, 0.3) is 0 Å². The Kier molecular flexibility index (Phi) is 4.27. The molecule has 1 aromatic rings. The summed E-state index contributed by atoms with van der Waals surface area (Å²) in [5, 5.41) is 8.74. The molecule has 0 N–H and O–H groups in total. The monoisotopic (exact) mass is 271 g/mol. The van der Waals surface area contributed by atoms with Gasteiger partial charge in [0.1, 0.15) is 0 Å². The Morgan fingerprint density at radius 1 is 1.47 bits per heavy atom. The van der Waals surface area contributed by atoms with E-state index in [0.29, 0.717) is 6.07 Å². The highest BCUT2D eigenvalue weighted by Crippen LogP contribution is 2.34. The van der Waals surface area contributed by atoms with Gasteiger partial charge in [-0.25, -0.2) is 4.79 Å². The molecule has 0 fully saturated rings. The molecule has 0 bridgehead atoms. The quantitative estimate of drug-likeness (QED) is 0.626. The third-order valence-corrected chi connectivity index (χ3v) is 2.27. The molecule has 7 heteroatoms. The molecular formula is C12H8F3NO3. The molecule has 100 valence electrons. The molecule has 0 aliphatic carbocycles. The molecule has 0 amide bonds. The van der Waals surface area contributed by atoms with Crippen molar-refractivity contribution in [2.45, 2.75) is 13.1 Å². The summed E-state index contributed by atoms with van der Waals surface area (Å²) in [6, 6.07) is 2.98. The van der Waals surface area contributed by atoms with Gasteiger partial charge < -0.3 is 4.74 Å². The number of alkyl halides is 3. The molecule has 0 aliphatic heterocycles. The van der Waals surface area contributed by atoms with Crippen LogP contribution in [0.2, 0.25) is 0 Å². The Labute approximate surface area is 106 Å². The lowest BCUT2D eigenvalue weighted by atomic mass is 9.96. The van der Waals surface area contributed by atoms with Gasteiger partial charge in [-0.05, 0) is 19.1 Å². The van der Waals surface area contributed by atoms with E-state index >= 15 is 0 Å². The number of halogens is 3. The molecule has 0 saturated carbocycles. The molecule has 0 radical (unpaired) electrons. The predicted octanol–water partition coefficient (Wildman–Crippen LogP) is 2.57. The second kappa shape index (κ2) is 5.52. The van der Waals surface area contributed by atoms with Crippen LogP contribution in [-0.2, 0) is 10.9 Å². The van der Waals surface area contributed by atoms with Crippen molar-refractivity contribution >= 4 is 12.3 Å². The minimum absolute atomic E-state index is 0.0417. The summed E-state index contributed by atoms with van der Waals surface area (Å²) in [6.45, 7) is 1.27. The van der Waals surface area contributed by atoms with E-state index in [1.807, 2.05) is 0 Å². The van der Waals surface area contributed by atoms with E-state index in [4.69, 9.17) is 5.26 Å². The highest BCUT2D eigenvalue weighted by Gasteiger charge is 2.37.